The summed E-state index contributed by atoms with van der Waals surface area (Å²) >= 11 is 0. The number of halogens is 1. The van der Waals surface area contributed by atoms with Crippen molar-refractivity contribution < 1.29 is 66.0 Å². The van der Waals surface area contributed by atoms with E-state index in [1.54, 1.807) is 20.8 Å². The van der Waals surface area contributed by atoms with Crippen molar-refractivity contribution in [2.75, 3.05) is 26.4 Å². The molecule has 17 heteroatoms. The molecule has 0 aromatic heterocycles. The molecule has 0 saturated heterocycles. The number of aliphatic hydroxyl groups excluding tert-OH is 1. The van der Waals surface area contributed by atoms with Gasteiger partial charge in [0.1, 0.15) is 18.8 Å². The molecule has 4 aliphatic carbocycles. The molecular formula is C34H54FNO13P2. The molecule has 0 radical (unpaired) electrons. The highest BCUT2D eigenvalue weighted by Crippen LogP contribution is 2.71. The maximum Gasteiger partial charge on any atom is 0.481 e. The van der Waals surface area contributed by atoms with Gasteiger partial charge in [-0.05, 0) is 69.9 Å². The molecule has 3 saturated carbocycles. The van der Waals surface area contributed by atoms with E-state index >= 15 is 4.39 Å². The number of fused-ring (bicyclic) bond motifs is 5. The largest absolute Gasteiger partial charge is 0.481 e. The first-order chi connectivity index (χ1) is 23.7. The van der Waals surface area contributed by atoms with E-state index in [1.165, 1.54) is 18.2 Å². The normalized spacial score (nSPS) is 37.3. The van der Waals surface area contributed by atoms with Gasteiger partial charge in [-0.15, -0.1) is 0 Å². The topological polar surface area (TPSA) is 215 Å². The number of carbonyl (C=O) groups excluding carboxylic acids is 3. The molecule has 4 aliphatic rings. The number of carbonyl (C=O) groups is 3. The van der Waals surface area contributed by atoms with Gasteiger partial charge in [0.25, 0.3) is 0 Å². The fourth-order valence-corrected chi connectivity index (χ4v) is 11.2. The maximum absolute atomic E-state index is 17.4. The highest BCUT2D eigenvalue weighted by molar-refractivity contribution is 7.61. The molecule has 4 rings (SSSR count). The Kier molecular flexibility index (Phi) is 13.2. The van der Waals surface area contributed by atoms with E-state index in [-0.39, 0.29) is 44.3 Å². The summed E-state index contributed by atoms with van der Waals surface area (Å²) in [6.45, 7) is 6.52. The third kappa shape index (κ3) is 8.38. The number of rotatable bonds is 18. The fraction of sp³-hybridized carbons (Fsp3) is 0.794. The van der Waals surface area contributed by atoms with Gasteiger partial charge in [-0.3, -0.25) is 23.4 Å². The summed E-state index contributed by atoms with van der Waals surface area (Å²) in [5.41, 5.74) is -6.49. The first-order valence-electron chi connectivity index (χ1n) is 17.8. The summed E-state index contributed by atoms with van der Waals surface area (Å²) in [6, 6.07) is 0. The van der Waals surface area contributed by atoms with Gasteiger partial charge in [-0.25, -0.2) is 13.5 Å². The molecule has 5 N–H and O–H groups in total. The van der Waals surface area contributed by atoms with Gasteiger partial charge >= 0.3 is 15.6 Å². The number of aliphatic hydroxyl groups is 2. The van der Waals surface area contributed by atoms with Crippen LogP contribution in [0.1, 0.15) is 92.4 Å². The predicted octanol–water partition coefficient (Wildman–Crippen LogP) is 4.65. The van der Waals surface area contributed by atoms with E-state index < -0.39 is 86.5 Å². The maximum atomic E-state index is 17.4. The standard InChI is InChI=1S/C34H54FNO13P2/c1-6-7-8-9-10-23(3)46-21-30(40)36-15-16-47-50(42,43)49-51(44,45)48-20-29(39)34(41)22(2)17-27-26-12-11-24-18-25(37)13-14-31(24,4)33(26,35)28(38)19-32(27,34)5/h13-14,18,22-23,26-28,38,41H,6-12,15-17,19-21H2,1-5H3,(H,36,40)(H,42,43)(H,44,45)/t22-,23?,26+,27+,28+,31+,32+,33+,34+/m1/s1. The van der Waals surface area contributed by atoms with Gasteiger partial charge in [0, 0.05) is 23.3 Å². The van der Waals surface area contributed by atoms with Crippen molar-refractivity contribution in [1.82, 2.24) is 5.32 Å². The SMILES string of the molecule is CCCCCCC(C)OCC(=O)NCCOP(=O)(O)OP(=O)(O)OCC(=O)[C@@]1(O)[C@H](C)C[C@H]2[C@@H]3CCC4=CC(=O)C=C[C@]4(C)[C@@]3(F)[C@@H](O)C[C@@]21C. The number of phosphoric ester groups is 2. The molecule has 51 heavy (non-hydrogen) atoms. The van der Waals surface area contributed by atoms with Crippen molar-refractivity contribution in [3.63, 3.8) is 0 Å². The fourth-order valence-electron chi connectivity index (χ4n) is 9.13. The summed E-state index contributed by atoms with van der Waals surface area (Å²) in [5, 5.41) is 25.9. The van der Waals surface area contributed by atoms with Crippen LogP contribution in [-0.4, -0.2) is 87.3 Å². The lowest BCUT2D eigenvalue weighted by Gasteiger charge is -2.62. The minimum Gasteiger partial charge on any atom is -0.390 e. The zero-order valence-electron chi connectivity index (χ0n) is 30.0. The van der Waals surface area contributed by atoms with E-state index in [0.29, 0.717) is 12.0 Å². The number of allylic oxidation sites excluding steroid dienone is 4. The van der Waals surface area contributed by atoms with Crippen molar-refractivity contribution in [2.24, 2.45) is 28.6 Å². The van der Waals surface area contributed by atoms with Crippen molar-refractivity contribution in [2.45, 2.75) is 116 Å². The first kappa shape index (κ1) is 42.1. The quantitative estimate of drug-likeness (QED) is 0.0951. The molecule has 14 nitrogen and oxygen atoms in total. The number of Topliss-reactive ketones (excluding diaryl/α,β-unsaturated/α-hetero) is 1. The average Bonchev–Trinajstić information content (AvgIpc) is 3.25. The first-order valence-corrected chi connectivity index (χ1v) is 20.8. The van der Waals surface area contributed by atoms with E-state index in [0.717, 1.165) is 32.1 Å². The van der Waals surface area contributed by atoms with E-state index in [2.05, 4.69) is 21.1 Å². The lowest BCUT2D eigenvalue weighted by Crippen LogP contribution is -2.69. The van der Waals surface area contributed by atoms with Crippen LogP contribution in [-0.2, 0) is 41.6 Å². The van der Waals surface area contributed by atoms with E-state index in [4.69, 9.17) is 9.26 Å². The van der Waals surface area contributed by atoms with Gasteiger partial charge in [-0.1, -0.05) is 58.1 Å². The van der Waals surface area contributed by atoms with Crippen LogP contribution >= 0.6 is 15.6 Å². The summed E-state index contributed by atoms with van der Waals surface area (Å²) in [6.07, 6.45) is 8.08. The van der Waals surface area contributed by atoms with E-state index in [9.17, 15) is 43.5 Å². The molecule has 0 heterocycles. The minimum absolute atomic E-state index is 0.124. The third-order valence-corrected chi connectivity index (χ3v) is 14.5. The van der Waals surface area contributed by atoms with Crippen LogP contribution in [0.5, 0.6) is 0 Å². The van der Waals surface area contributed by atoms with Crippen LogP contribution in [0.15, 0.2) is 23.8 Å². The Hall–Kier alpha value is -1.64. The number of alkyl halides is 1. The van der Waals surface area contributed by atoms with Crippen molar-refractivity contribution in [1.29, 1.82) is 0 Å². The molecule has 3 fully saturated rings. The van der Waals surface area contributed by atoms with Crippen molar-refractivity contribution >= 4 is 33.1 Å². The second kappa shape index (κ2) is 16.0. The highest BCUT2D eigenvalue weighted by atomic mass is 31.3. The molecule has 0 aliphatic heterocycles. The highest BCUT2D eigenvalue weighted by Gasteiger charge is 2.75. The molecule has 0 aromatic rings. The summed E-state index contributed by atoms with van der Waals surface area (Å²) in [4.78, 5) is 57.9. The molecule has 0 aromatic carbocycles. The molecule has 11 atom stereocenters. The number of ketones is 2. The Balaban J connectivity index is 1.31. The van der Waals surface area contributed by atoms with Crippen LogP contribution in [0.3, 0.4) is 0 Å². The number of nitrogens with one attached hydrogen (secondary N) is 1. The average molecular weight is 766 g/mol. The summed E-state index contributed by atoms with van der Waals surface area (Å²) < 4.78 is 61.6. The molecule has 1 amide bonds. The lowest BCUT2D eigenvalue weighted by atomic mass is 9.44. The Morgan fingerprint density at radius 3 is 2.47 bits per heavy atom. The predicted molar refractivity (Wildman–Crippen MR) is 183 cm³/mol. The van der Waals surface area contributed by atoms with Crippen LogP contribution in [0, 0.1) is 28.6 Å². The smallest absolute Gasteiger partial charge is 0.390 e. The van der Waals surface area contributed by atoms with Gasteiger partial charge < -0.3 is 30.1 Å². The molecular weight excluding hydrogens is 711 g/mol. The third-order valence-electron chi connectivity index (χ3n) is 11.9. The van der Waals surface area contributed by atoms with Crippen molar-refractivity contribution in [3.8, 4) is 0 Å². The summed E-state index contributed by atoms with van der Waals surface area (Å²) in [5.74, 6) is -3.97. The van der Waals surface area contributed by atoms with Gasteiger partial charge in [0.15, 0.2) is 17.2 Å². The number of amides is 1. The monoisotopic (exact) mass is 765 g/mol. The van der Waals surface area contributed by atoms with E-state index in [1.807, 2.05) is 6.92 Å². The second-order valence-corrected chi connectivity index (χ2v) is 18.1. The Bertz CT molecular complexity index is 1490. The zero-order valence-corrected chi connectivity index (χ0v) is 31.8. The Morgan fingerprint density at radius 1 is 1.10 bits per heavy atom. The number of hydrogen-bond acceptors (Lipinski definition) is 11. The Labute approximate surface area is 298 Å². The van der Waals surface area contributed by atoms with Gasteiger partial charge in [0.2, 0.25) is 5.91 Å². The Morgan fingerprint density at radius 2 is 1.78 bits per heavy atom. The molecule has 0 spiro atoms. The molecule has 290 valence electrons. The summed E-state index contributed by atoms with van der Waals surface area (Å²) in [7, 11) is -10.7. The van der Waals surface area contributed by atoms with Crippen molar-refractivity contribution in [3.05, 3.63) is 23.8 Å². The van der Waals surface area contributed by atoms with Crippen LogP contribution < -0.4 is 5.32 Å². The van der Waals surface area contributed by atoms with Crippen LogP contribution in [0.25, 0.3) is 0 Å². The number of phosphoric acid groups is 2. The molecule has 0 bridgehead atoms. The minimum atomic E-state index is -5.43. The van der Waals surface area contributed by atoms with Crippen LogP contribution in [0.2, 0.25) is 0 Å². The number of unbranched alkanes of at least 4 members (excludes halogenated alkanes) is 3. The second-order valence-electron chi connectivity index (χ2n) is 15.0. The zero-order chi connectivity index (χ0) is 38.0. The van der Waals surface area contributed by atoms with Gasteiger partial charge in [0.05, 0.1) is 18.8 Å². The van der Waals surface area contributed by atoms with Crippen LogP contribution in [0.4, 0.5) is 4.39 Å². The molecule has 3 unspecified atom stereocenters. The number of hydrogen-bond donors (Lipinski definition) is 5. The van der Waals surface area contributed by atoms with Gasteiger partial charge in [-0.2, -0.15) is 4.31 Å². The lowest BCUT2D eigenvalue weighted by molar-refractivity contribution is -0.219. The number of ether oxygens (including phenoxy) is 1.